The molecule has 0 unspecified atom stereocenters. The molecule has 7 heteroatoms. The van der Waals surface area contributed by atoms with Crippen molar-refractivity contribution in [2.45, 2.75) is 13.5 Å². The third kappa shape index (κ3) is 6.84. The maximum absolute atomic E-state index is 12.4. The molecule has 0 N–H and O–H groups in total. The summed E-state index contributed by atoms with van der Waals surface area (Å²) in [6, 6.07) is 12.5. The molecule has 0 atom stereocenters. The summed E-state index contributed by atoms with van der Waals surface area (Å²) in [4.78, 5) is 25.9. The van der Waals surface area contributed by atoms with Crippen LogP contribution in [0.5, 0.6) is 11.5 Å². The number of rotatable bonds is 9. The van der Waals surface area contributed by atoms with Gasteiger partial charge in [0.15, 0.2) is 18.1 Å². The van der Waals surface area contributed by atoms with E-state index in [-0.39, 0.29) is 12.5 Å². The summed E-state index contributed by atoms with van der Waals surface area (Å²) < 4.78 is 15.6. The predicted octanol–water partition coefficient (Wildman–Crippen LogP) is 3.96. The van der Waals surface area contributed by atoms with Gasteiger partial charge < -0.3 is 19.1 Å². The Morgan fingerprint density at radius 1 is 1.07 bits per heavy atom. The van der Waals surface area contributed by atoms with Crippen LogP contribution in [0.4, 0.5) is 0 Å². The fourth-order valence-electron chi connectivity index (χ4n) is 2.62. The van der Waals surface area contributed by atoms with Crippen LogP contribution in [0.25, 0.3) is 6.08 Å². The molecular formula is C22H24ClNO5. The third-order valence-electron chi connectivity index (χ3n) is 4.15. The molecule has 2 aromatic carbocycles. The van der Waals surface area contributed by atoms with Gasteiger partial charge in [-0.25, -0.2) is 4.79 Å². The minimum absolute atomic E-state index is 0.285. The third-order valence-corrected chi connectivity index (χ3v) is 4.39. The standard InChI is InChI=1S/C22H24ClNO5/c1-4-24(14-17-8-10-19(27-2)20(13-17)28-3)21(25)15-29-22(26)11-9-16-6-5-7-18(23)12-16/h5-13H,4,14-15H2,1-3H3/b11-9+. The van der Waals surface area contributed by atoms with Crippen LogP contribution in [-0.4, -0.2) is 44.1 Å². The maximum Gasteiger partial charge on any atom is 0.331 e. The number of benzene rings is 2. The summed E-state index contributed by atoms with van der Waals surface area (Å²) in [6.45, 7) is 2.37. The smallest absolute Gasteiger partial charge is 0.331 e. The summed E-state index contributed by atoms with van der Waals surface area (Å²) in [5.41, 5.74) is 1.65. The lowest BCUT2D eigenvalue weighted by Gasteiger charge is -2.21. The molecule has 0 aliphatic heterocycles. The van der Waals surface area contributed by atoms with Gasteiger partial charge in [0.05, 0.1) is 14.2 Å². The van der Waals surface area contributed by atoms with E-state index in [0.29, 0.717) is 29.6 Å². The Morgan fingerprint density at radius 2 is 1.83 bits per heavy atom. The fraction of sp³-hybridized carbons (Fsp3) is 0.273. The van der Waals surface area contributed by atoms with Gasteiger partial charge in [0.2, 0.25) is 0 Å². The topological polar surface area (TPSA) is 65.1 Å². The van der Waals surface area contributed by atoms with Gasteiger partial charge in [-0.3, -0.25) is 4.79 Å². The number of nitrogens with zero attached hydrogens (tertiary/aromatic N) is 1. The Hall–Kier alpha value is -2.99. The molecule has 0 saturated heterocycles. The van der Waals surface area contributed by atoms with E-state index >= 15 is 0 Å². The van der Waals surface area contributed by atoms with Gasteiger partial charge in [-0.2, -0.15) is 0 Å². The average molecular weight is 418 g/mol. The first-order valence-electron chi connectivity index (χ1n) is 9.06. The summed E-state index contributed by atoms with van der Waals surface area (Å²) in [5.74, 6) is 0.324. The number of halogens is 1. The highest BCUT2D eigenvalue weighted by Crippen LogP contribution is 2.28. The summed E-state index contributed by atoms with van der Waals surface area (Å²) in [5, 5.41) is 0.574. The van der Waals surface area contributed by atoms with Crippen molar-refractivity contribution in [3.05, 3.63) is 64.7 Å². The molecule has 0 fully saturated rings. The van der Waals surface area contributed by atoms with Gasteiger partial charge in [0.1, 0.15) is 0 Å². The van der Waals surface area contributed by atoms with Crippen LogP contribution in [0.3, 0.4) is 0 Å². The first kappa shape index (κ1) is 22.3. The number of ether oxygens (including phenoxy) is 3. The number of carbonyl (C=O) groups is 2. The quantitative estimate of drug-likeness (QED) is 0.456. The Balaban J connectivity index is 1.91. The normalized spacial score (nSPS) is 10.6. The van der Waals surface area contributed by atoms with Gasteiger partial charge in [-0.1, -0.05) is 29.8 Å². The van der Waals surface area contributed by atoms with E-state index in [1.54, 1.807) is 49.5 Å². The molecule has 2 aromatic rings. The first-order valence-corrected chi connectivity index (χ1v) is 9.43. The number of esters is 1. The summed E-state index contributed by atoms with van der Waals surface area (Å²) in [6.07, 6.45) is 2.85. The van der Waals surface area contributed by atoms with Gasteiger partial charge in [0.25, 0.3) is 5.91 Å². The number of hydrogen-bond donors (Lipinski definition) is 0. The highest BCUT2D eigenvalue weighted by molar-refractivity contribution is 6.30. The van der Waals surface area contributed by atoms with Gasteiger partial charge in [-0.15, -0.1) is 0 Å². The molecule has 0 aliphatic rings. The molecule has 29 heavy (non-hydrogen) atoms. The van der Waals surface area contributed by atoms with Crippen molar-refractivity contribution >= 4 is 29.6 Å². The van der Waals surface area contributed by atoms with Crippen molar-refractivity contribution in [1.82, 2.24) is 4.90 Å². The second kappa shape index (κ2) is 11.1. The predicted molar refractivity (Wildman–Crippen MR) is 112 cm³/mol. The monoisotopic (exact) mass is 417 g/mol. The van der Waals surface area contributed by atoms with Gasteiger partial charge >= 0.3 is 5.97 Å². The van der Waals surface area contributed by atoms with Crippen LogP contribution in [-0.2, 0) is 20.9 Å². The number of methoxy groups -OCH3 is 2. The highest BCUT2D eigenvalue weighted by Gasteiger charge is 2.15. The highest BCUT2D eigenvalue weighted by atomic mass is 35.5. The maximum atomic E-state index is 12.4. The van der Waals surface area contributed by atoms with Crippen LogP contribution in [0.15, 0.2) is 48.5 Å². The second-order valence-electron chi connectivity index (χ2n) is 6.09. The lowest BCUT2D eigenvalue weighted by Crippen LogP contribution is -2.34. The van der Waals surface area contributed by atoms with E-state index in [4.69, 9.17) is 25.8 Å². The Bertz CT molecular complexity index is 881. The second-order valence-corrected chi connectivity index (χ2v) is 6.53. The number of carbonyl (C=O) groups excluding carboxylic acids is 2. The van der Waals surface area contributed by atoms with Crippen LogP contribution >= 0.6 is 11.6 Å². The van der Waals surface area contributed by atoms with Gasteiger partial charge in [-0.05, 0) is 48.4 Å². The molecule has 6 nitrogen and oxygen atoms in total. The van der Waals surface area contributed by atoms with Crippen LogP contribution in [0.1, 0.15) is 18.1 Å². The fourth-order valence-corrected chi connectivity index (χ4v) is 2.82. The minimum Gasteiger partial charge on any atom is -0.493 e. The largest absolute Gasteiger partial charge is 0.493 e. The molecule has 0 heterocycles. The Morgan fingerprint density at radius 3 is 2.48 bits per heavy atom. The van der Waals surface area contributed by atoms with E-state index < -0.39 is 5.97 Å². The SMILES string of the molecule is CCN(Cc1ccc(OC)c(OC)c1)C(=O)COC(=O)/C=C/c1cccc(Cl)c1. The van der Waals surface area contributed by atoms with Crippen molar-refractivity contribution in [3.8, 4) is 11.5 Å². The van der Waals surface area contributed by atoms with Crippen molar-refractivity contribution in [3.63, 3.8) is 0 Å². The Labute approximate surface area is 175 Å². The molecule has 154 valence electrons. The lowest BCUT2D eigenvalue weighted by atomic mass is 10.2. The van der Waals surface area contributed by atoms with E-state index in [2.05, 4.69) is 0 Å². The van der Waals surface area contributed by atoms with Gasteiger partial charge in [0, 0.05) is 24.2 Å². The molecule has 1 amide bonds. The first-order chi connectivity index (χ1) is 14.0. The average Bonchev–Trinajstić information content (AvgIpc) is 2.74. The Kier molecular flexibility index (Phi) is 8.55. The van der Waals surface area contributed by atoms with Crippen molar-refractivity contribution in [2.75, 3.05) is 27.4 Å². The van der Waals surface area contributed by atoms with E-state index in [0.717, 1.165) is 11.1 Å². The molecule has 2 rings (SSSR count). The molecular weight excluding hydrogens is 394 g/mol. The van der Waals surface area contributed by atoms with Crippen molar-refractivity contribution in [1.29, 1.82) is 0 Å². The molecule has 0 saturated carbocycles. The van der Waals surface area contributed by atoms with Crippen LogP contribution in [0, 0.1) is 0 Å². The van der Waals surface area contributed by atoms with E-state index in [1.165, 1.54) is 6.08 Å². The van der Waals surface area contributed by atoms with Crippen LogP contribution < -0.4 is 9.47 Å². The van der Waals surface area contributed by atoms with Crippen molar-refractivity contribution < 1.29 is 23.8 Å². The number of hydrogen-bond acceptors (Lipinski definition) is 5. The zero-order valence-electron chi connectivity index (χ0n) is 16.7. The van der Waals surface area contributed by atoms with E-state index in [9.17, 15) is 9.59 Å². The molecule has 0 aromatic heterocycles. The molecule has 0 bridgehead atoms. The lowest BCUT2D eigenvalue weighted by molar-refractivity contribution is -0.148. The van der Waals surface area contributed by atoms with Crippen molar-refractivity contribution in [2.24, 2.45) is 0 Å². The molecule has 0 radical (unpaired) electrons. The van der Waals surface area contributed by atoms with E-state index in [1.807, 2.05) is 25.1 Å². The zero-order valence-corrected chi connectivity index (χ0v) is 17.4. The number of amides is 1. The number of likely N-dealkylation sites (N-methyl/N-ethyl adjacent to an activating group) is 1. The summed E-state index contributed by atoms with van der Waals surface area (Å²) in [7, 11) is 3.12. The molecule has 0 aliphatic carbocycles. The van der Waals surface area contributed by atoms with Crippen LogP contribution in [0.2, 0.25) is 5.02 Å². The zero-order chi connectivity index (χ0) is 21.2. The summed E-state index contributed by atoms with van der Waals surface area (Å²) >= 11 is 5.90. The minimum atomic E-state index is -0.597. The molecule has 0 spiro atoms.